The van der Waals surface area contributed by atoms with E-state index < -0.39 is 17.9 Å². The lowest BCUT2D eigenvalue weighted by Gasteiger charge is -2.15. The predicted molar refractivity (Wildman–Crippen MR) is 49.1 cm³/mol. The normalized spacial score (nSPS) is 26.9. The number of nitrogens with one attached hydrogen (secondary N) is 1. The van der Waals surface area contributed by atoms with Crippen molar-refractivity contribution in [3.63, 3.8) is 0 Å². The fourth-order valence-electron chi connectivity index (χ4n) is 1.51. The van der Waals surface area contributed by atoms with Crippen molar-refractivity contribution in [2.75, 3.05) is 18.0 Å². The van der Waals surface area contributed by atoms with E-state index in [4.69, 9.17) is 0 Å². The van der Waals surface area contributed by atoms with E-state index in [1.54, 1.807) is 11.0 Å². The molecule has 0 aromatic carbocycles. The molecule has 0 spiro atoms. The molecular formula is C8H11N3O3. The van der Waals surface area contributed by atoms with Crippen LogP contribution in [-0.4, -0.2) is 45.5 Å². The van der Waals surface area contributed by atoms with Crippen molar-refractivity contribution in [2.24, 2.45) is 0 Å². The van der Waals surface area contributed by atoms with Gasteiger partial charge in [0.2, 0.25) is 0 Å². The molecule has 1 saturated heterocycles. The third-order valence-electron chi connectivity index (χ3n) is 2.26. The molecule has 1 fully saturated rings. The third kappa shape index (κ3) is 1.61. The van der Waals surface area contributed by atoms with E-state index in [0.717, 1.165) is 0 Å². The molecule has 0 radical (unpaired) electrons. The largest absolute Gasteiger partial charge is 0.389 e. The number of aromatic amines is 1. The number of H-pyrrole nitrogens is 1. The van der Waals surface area contributed by atoms with Gasteiger partial charge in [-0.2, -0.15) is 0 Å². The van der Waals surface area contributed by atoms with Crippen LogP contribution in [0.25, 0.3) is 0 Å². The van der Waals surface area contributed by atoms with Crippen molar-refractivity contribution in [3.05, 3.63) is 22.7 Å². The smallest absolute Gasteiger partial charge is 0.346 e. The SMILES string of the molecule is O=c1nccc(N2C[C@@H](O)[C@H](O)C2)[nH]1. The summed E-state index contributed by atoms with van der Waals surface area (Å²) in [5.74, 6) is 0.570. The van der Waals surface area contributed by atoms with Crippen LogP contribution < -0.4 is 10.6 Å². The minimum absolute atomic E-state index is 0.321. The van der Waals surface area contributed by atoms with Gasteiger partial charge in [0.05, 0.1) is 12.2 Å². The summed E-state index contributed by atoms with van der Waals surface area (Å²) in [5.41, 5.74) is -0.432. The standard InChI is InChI=1S/C8H11N3O3/c12-5-3-11(4-6(5)13)7-1-2-9-8(14)10-7/h1-2,5-6,12-13H,3-4H2,(H,9,10,14)/t5-,6-/m1/s1. The van der Waals surface area contributed by atoms with Gasteiger partial charge in [0.1, 0.15) is 5.82 Å². The molecule has 6 heteroatoms. The highest BCUT2D eigenvalue weighted by molar-refractivity contribution is 5.38. The molecule has 0 aliphatic carbocycles. The Hall–Kier alpha value is -1.40. The molecule has 1 aromatic heterocycles. The summed E-state index contributed by atoms with van der Waals surface area (Å²) in [6.07, 6.45) is -0.121. The van der Waals surface area contributed by atoms with E-state index in [9.17, 15) is 15.0 Å². The summed E-state index contributed by atoms with van der Waals surface area (Å²) in [4.78, 5) is 18.6. The van der Waals surface area contributed by atoms with Gasteiger partial charge in [0.25, 0.3) is 0 Å². The number of aromatic nitrogens is 2. The molecule has 1 aliphatic heterocycles. The van der Waals surface area contributed by atoms with Crippen LogP contribution in [0.4, 0.5) is 5.82 Å². The second kappa shape index (κ2) is 3.39. The molecule has 2 atom stereocenters. The van der Waals surface area contributed by atoms with Crippen LogP contribution in [0.5, 0.6) is 0 Å². The molecule has 0 unspecified atom stereocenters. The first-order valence-electron chi connectivity index (χ1n) is 4.33. The van der Waals surface area contributed by atoms with Gasteiger partial charge in [-0.25, -0.2) is 9.78 Å². The van der Waals surface area contributed by atoms with Crippen molar-refractivity contribution in [1.82, 2.24) is 9.97 Å². The van der Waals surface area contributed by atoms with Crippen LogP contribution >= 0.6 is 0 Å². The number of anilines is 1. The number of aliphatic hydroxyl groups is 2. The van der Waals surface area contributed by atoms with Gasteiger partial charge in [0.15, 0.2) is 0 Å². The molecule has 2 heterocycles. The maximum atomic E-state index is 10.9. The van der Waals surface area contributed by atoms with E-state index in [1.807, 2.05) is 0 Å². The second-order valence-electron chi connectivity index (χ2n) is 3.30. The molecule has 0 bridgehead atoms. The molecule has 0 amide bonds. The highest BCUT2D eigenvalue weighted by Crippen LogP contribution is 2.16. The van der Waals surface area contributed by atoms with Gasteiger partial charge in [-0.1, -0.05) is 0 Å². The van der Waals surface area contributed by atoms with Crippen LogP contribution in [0, 0.1) is 0 Å². The maximum Gasteiger partial charge on any atom is 0.346 e. The summed E-state index contributed by atoms with van der Waals surface area (Å²) in [6.45, 7) is 0.641. The average Bonchev–Trinajstić information content (AvgIpc) is 2.47. The third-order valence-corrected chi connectivity index (χ3v) is 2.26. The number of hydrogen-bond donors (Lipinski definition) is 3. The Balaban J connectivity index is 2.21. The molecular weight excluding hydrogens is 186 g/mol. The van der Waals surface area contributed by atoms with Crippen LogP contribution in [-0.2, 0) is 0 Å². The van der Waals surface area contributed by atoms with Crippen LogP contribution in [0.2, 0.25) is 0 Å². The van der Waals surface area contributed by atoms with E-state index in [1.165, 1.54) is 6.20 Å². The predicted octanol–water partition coefficient (Wildman–Crippen LogP) is -1.69. The molecule has 1 aliphatic rings. The fourth-order valence-corrected chi connectivity index (χ4v) is 1.51. The van der Waals surface area contributed by atoms with Crippen molar-refractivity contribution in [2.45, 2.75) is 12.2 Å². The summed E-state index contributed by atoms with van der Waals surface area (Å²) in [6, 6.07) is 1.63. The van der Waals surface area contributed by atoms with Crippen molar-refractivity contribution < 1.29 is 10.2 Å². The number of aliphatic hydroxyl groups excluding tert-OH is 2. The van der Waals surface area contributed by atoms with Crippen LogP contribution in [0.15, 0.2) is 17.1 Å². The zero-order valence-electron chi connectivity index (χ0n) is 7.42. The molecule has 2 rings (SSSR count). The highest BCUT2D eigenvalue weighted by atomic mass is 16.3. The van der Waals surface area contributed by atoms with E-state index in [-0.39, 0.29) is 0 Å². The van der Waals surface area contributed by atoms with E-state index in [0.29, 0.717) is 18.9 Å². The molecule has 6 nitrogen and oxygen atoms in total. The lowest BCUT2D eigenvalue weighted by Crippen LogP contribution is -2.25. The number of nitrogens with zero attached hydrogens (tertiary/aromatic N) is 2. The van der Waals surface area contributed by atoms with E-state index >= 15 is 0 Å². The van der Waals surface area contributed by atoms with Gasteiger partial charge < -0.3 is 15.1 Å². The van der Waals surface area contributed by atoms with Crippen molar-refractivity contribution in [1.29, 1.82) is 0 Å². The van der Waals surface area contributed by atoms with Crippen molar-refractivity contribution >= 4 is 5.82 Å². The first kappa shape index (κ1) is 9.17. The Morgan fingerprint density at radius 3 is 2.64 bits per heavy atom. The topological polar surface area (TPSA) is 89.5 Å². The van der Waals surface area contributed by atoms with Gasteiger partial charge in [-0.15, -0.1) is 0 Å². The lowest BCUT2D eigenvalue weighted by molar-refractivity contribution is 0.0572. The average molecular weight is 197 g/mol. The first-order valence-corrected chi connectivity index (χ1v) is 4.33. The van der Waals surface area contributed by atoms with Gasteiger partial charge in [-0.3, -0.25) is 4.98 Å². The minimum atomic E-state index is -0.758. The minimum Gasteiger partial charge on any atom is -0.389 e. The summed E-state index contributed by atoms with van der Waals surface area (Å²) >= 11 is 0. The Labute approximate surface area is 79.8 Å². The molecule has 76 valence electrons. The Morgan fingerprint density at radius 1 is 1.43 bits per heavy atom. The zero-order valence-corrected chi connectivity index (χ0v) is 7.42. The summed E-state index contributed by atoms with van der Waals surface area (Å²) in [5, 5.41) is 18.6. The molecule has 14 heavy (non-hydrogen) atoms. The quantitative estimate of drug-likeness (QED) is 0.500. The van der Waals surface area contributed by atoms with Gasteiger partial charge in [-0.05, 0) is 6.07 Å². The van der Waals surface area contributed by atoms with Crippen molar-refractivity contribution in [3.8, 4) is 0 Å². The molecule has 0 saturated carbocycles. The number of hydrogen-bond acceptors (Lipinski definition) is 5. The lowest BCUT2D eigenvalue weighted by atomic mass is 10.3. The highest BCUT2D eigenvalue weighted by Gasteiger charge is 2.29. The van der Waals surface area contributed by atoms with E-state index in [2.05, 4.69) is 9.97 Å². The monoisotopic (exact) mass is 197 g/mol. The molecule has 1 aromatic rings. The number of rotatable bonds is 1. The Kier molecular flexibility index (Phi) is 2.22. The maximum absolute atomic E-state index is 10.9. The fraction of sp³-hybridized carbons (Fsp3) is 0.500. The van der Waals surface area contributed by atoms with Gasteiger partial charge in [0, 0.05) is 19.3 Å². The second-order valence-corrected chi connectivity index (χ2v) is 3.30. The van der Waals surface area contributed by atoms with Crippen LogP contribution in [0.3, 0.4) is 0 Å². The zero-order chi connectivity index (χ0) is 10.1. The number of β-amino-alcohol motifs (C(OH)–C–C–N with tert-alkyl or cyclic N) is 2. The first-order chi connectivity index (χ1) is 6.66. The molecule has 3 N–H and O–H groups in total. The summed E-state index contributed by atoms with van der Waals surface area (Å²) < 4.78 is 0. The Morgan fingerprint density at radius 2 is 2.07 bits per heavy atom. The van der Waals surface area contributed by atoms with Gasteiger partial charge >= 0.3 is 5.69 Å². The summed E-state index contributed by atoms with van der Waals surface area (Å²) in [7, 11) is 0. The van der Waals surface area contributed by atoms with Crippen LogP contribution in [0.1, 0.15) is 0 Å². The Bertz CT molecular complexity index is 368.